The van der Waals surface area contributed by atoms with Crippen molar-refractivity contribution in [3.63, 3.8) is 0 Å². The number of nitrogens with one attached hydrogen (secondary N) is 2. The number of benzene rings is 1. The lowest BCUT2D eigenvalue weighted by atomic mass is 9.99. The minimum atomic E-state index is -0.874. The van der Waals surface area contributed by atoms with Crippen LogP contribution in [0.15, 0.2) is 41.4 Å². The number of carboxylic acid groups (broad SMARTS) is 1. The van der Waals surface area contributed by atoms with Crippen LogP contribution in [0.2, 0.25) is 0 Å². The molecule has 0 saturated carbocycles. The molecule has 5 N–H and O–H groups in total. The Morgan fingerprint density at radius 3 is 2.60 bits per heavy atom. The summed E-state index contributed by atoms with van der Waals surface area (Å²) in [6.07, 6.45) is 1.51. The third kappa shape index (κ3) is 7.66. The second-order valence-corrected chi connectivity index (χ2v) is 8.96. The predicted molar refractivity (Wildman–Crippen MR) is 120 cm³/mol. The van der Waals surface area contributed by atoms with Crippen LogP contribution in [-0.2, 0) is 20.7 Å². The van der Waals surface area contributed by atoms with E-state index >= 15 is 0 Å². The smallest absolute Gasteiger partial charge is 0.303 e. The van der Waals surface area contributed by atoms with Crippen molar-refractivity contribution < 1.29 is 19.4 Å². The molecule has 166 valence electrons. The number of carboxylic acids is 1. The molecule has 4 atom stereocenters. The van der Waals surface area contributed by atoms with Crippen molar-refractivity contribution >= 4 is 23.6 Å². The second kappa shape index (κ2) is 12.0. The first kappa shape index (κ1) is 24.2. The quantitative estimate of drug-likeness (QED) is 0.399. The molecule has 7 nitrogen and oxygen atoms in total. The first-order valence-corrected chi connectivity index (χ1v) is 11.2. The molecule has 2 rings (SSSR count). The standard InChI is InChI=1S/C22H33N3O4S/c1-14(2)17(23)12-19(29-3)22-25-18(13-30-22)21(28)24-16(9-10-20(26)27)11-15-7-5-4-6-8-15/h4-8,13-14,16-17,19,22,25H,9-12,23H2,1-3H3,(H,24,28)(H,26,27). The number of rotatable bonds is 12. The largest absolute Gasteiger partial charge is 0.481 e. The van der Waals surface area contributed by atoms with E-state index in [-0.39, 0.29) is 35.9 Å². The molecular weight excluding hydrogens is 402 g/mol. The molecule has 4 unspecified atom stereocenters. The Kier molecular flexibility index (Phi) is 9.68. The molecule has 0 fully saturated rings. The van der Waals surface area contributed by atoms with E-state index in [0.717, 1.165) is 5.56 Å². The molecule has 1 heterocycles. The third-order valence-electron chi connectivity index (χ3n) is 5.24. The van der Waals surface area contributed by atoms with Crippen molar-refractivity contribution in [1.29, 1.82) is 0 Å². The summed E-state index contributed by atoms with van der Waals surface area (Å²) in [6.45, 7) is 4.15. The summed E-state index contributed by atoms with van der Waals surface area (Å²) in [5.41, 5.74) is 7.71. The average Bonchev–Trinajstić information content (AvgIpc) is 3.20. The number of methoxy groups -OCH3 is 1. The molecule has 1 aliphatic rings. The highest BCUT2D eigenvalue weighted by Gasteiger charge is 2.31. The van der Waals surface area contributed by atoms with Gasteiger partial charge in [0.25, 0.3) is 5.91 Å². The lowest BCUT2D eigenvalue weighted by Gasteiger charge is -2.27. The number of ether oxygens (including phenoxy) is 1. The molecule has 1 aromatic carbocycles. The lowest BCUT2D eigenvalue weighted by molar-refractivity contribution is -0.137. The Bertz CT molecular complexity index is 726. The number of carbonyl (C=O) groups excluding carboxylic acids is 1. The van der Waals surface area contributed by atoms with Crippen molar-refractivity contribution in [3.8, 4) is 0 Å². The summed E-state index contributed by atoms with van der Waals surface area (Å²) >= 11 is 1.51. The number of hydrogen-bond acceptors (Lipinski definition) is 6. The van der Waals surface area contributed by atoms with Crippen molar-refractivity contribution in [3.05, 3.63) is 47.0 Å². The monoisotopic (exact) mass is 435 g/mol. The van der Waals surface area contributed by atoms with Crippen molar-refractivity contribution in [2.45, 2.75) is 63.1 Å². The van der Waals surface area contributed by atoms with Crippen molar-refractivity contribution in [2.75, 3.05) is 7.11 Å². The highest BCUT2D eigenvalue weighted by atomic mass is 32.2. The summed E-state index contributed by atoms with van der Waals surface area (Å²) in [6, 6.07) is 9.48. The summed E-state index contributed by atoms with van der Waals surface area (Å²) in [5.74, 6) is -0.766. The van der Waals surface area contributed by atoms with Crippen LogP contribution in [0.5, 0.6) is 0 Å². The first-order chi connectivity index (χ1) is 14.3. The van der Waals surface area contributed by atoms with Crippen molar-refractivity contribution in [2.24, 2.45) is 11.7 Å². The van der Waals surface area contributed by atoms with Gasteiger partial charge in [-0.2, -0.15) is 0 Å². The third-order valence-corrected chi connectivity index (χ3v) is 6.33. The van der Waals surface area contributed by atoms with Gasteiger partial charge in [-0.25, -0.2) is 0 Å². The molecule has 30 heavy (non-hydrogen) atoms. The Hall–Kier alpha value is -2.03. The van der Waals surface area contributed by atoms with Crippen LogP contribution >= 0.6 is 11.8 Å². The molecular formula is C22H33N3O4S. The minimum Gasteiger partial charge on any atom is -0.481 e. The van der Waals surface area contributed by atoms with Crippen LogP contribution in [-0.4, -0.2) is 47.7 Å². The van der Waals surface area contributed by atoms with Gasteiger partial charge in [0, 0.05) is 31.0 Å². The van der Waals surface area contributed by atoms with Gasteiger partial charge in [-0.1, -0.05) is 44.2 Å². The topological polar surface area (TPSA) is 114 Å². The number of nitrogens with two attached hydrogens (primary N) is 1. The number of thioether (sulfide) groups is 1. The maximum Gasteiger partial charge on any atom is 0.303 e. The number of amides is 1. The Balaban J connectivity index is 1.95. The molecule has 1 aromatic rings. The van der Waals surface area contributed by atoms with Gasteiger partial charge in [-0.3, -0.25) is 9.59 Å². The van der Waals surface area contributed by atoms with Crippen LogP contribution in [0.3, 0.4) is 0 Å². The molecule has 1 amide bonds. The zero-order valence-electron chi connectivity index (χ0n) is 17.8. The van der Waals surface area contributed by atoms with Gasteiger partial charge < -0.3 is 26.2 Å². The molecule has 0 bridgehead atoms. The van der Waals surface area contributed by atoms with E-state index in [1.807, 2.05) is 30.3 Å². The highest BCUT2D eigenvalue weighted by molar-refractivity contribution is 8.03. The van der Waals surface area contributed by atoms with E-state index in [2.05, 4.69) is 24.5 Å². The maximum absolute atomic E-state index is 12.8. The fourth-order valence-corrected chi connectivity index (χ4v) is 4.28. The van der Waals surface area contributed by atoms with Gasteiger partial charge in [0.05, 0.1) is 6.10 Å². The van der Waals surface area contributed by atoms with E-state index in [0.29, 0.717) is 30.9 Å². The van der Waals surface area contributed by atoms with E-state index in [4.69, 9.17) is 15.6 Å². The SMILES string of the molecule is COC(CC(N)C(C)C)C1NC(C(=O)NC(CCC(=O)O)Cc2ccccc2)=CS1. The Labute approximate surface area is 182 Å². The fraction of sp³-hybridized carbons (Fsp3) is 0.545. The van der Waals surface area contributed by atoms with Crippen LogP contribution in [0.4, 0.5) is 0 Å². The summed E-state index contributed by atoms with van der Waals surface area (Å²) in [7, 11) is 1.65. The zero-order valence-corrected chi connectivity index (χ0v) is 18.7. The molecule has 1 aliphatic heterocycles. The second-order valence-electron chi connectivity index (χ2n) is 7.94. The van der Waals surface area contributed by atoms with Gasteiger partial charge in [0.2, 0.25) is 0 Å². The van der Waals surface area contributed by atoms with Crippen LogP contribution in [0.25, 0.3) is 0 Å². The zero-order chi connectivity index (χ0) is 22.1. The molecule has 0 aromatic heterocycles. The predicted octanol–water partition coefficient (Wildman–Crippen LogP) is 2.47. The van der Waals surface area contributed by atoms with Gasteiger partial charge in [-0.15, -0.1) is 11.8 Å². The highest BCUT2D eigenvalue weighted by Crippen LogP contribution is 2.27. The first-order valence-electron chi connectivity index (χ1n) is 10.3. The van der Waals surface area contributed by atoms with Gasteiger partial charge in [0.1, 0.15) is 11.1 Å². The molecule has 0 radical (unpaired) electrons. The summed E-state index contributed by atoms with van der Waals surface area (Å²) in [4.78, 5) is 23.8. The van der Waals surface area contributed by atoms with E-state index in [9.17, 15) is 9.59 Å². The Morgan fingerprint density at radius 2 is 2.00 bits per heavy atom. The number of carbonyl (C=O) groups is 2. The summed E-state index contributed by atoms with van der Waals surface area (Å²) in [5, 5.41) is 17.0. The maximum atomic E-state index is 12.8. The van der Waals surface area contributed by atoms with E-state index in [1.165, 1.54) is 11.8 Å². The number of hydrogen-bond donors (Lipinski definition) is 4. The van der Waals surface area contributed by atoms with Crippen LogP contribution < -0.4 is 16.4 Å². The average molecular weight is 436 g/mol. The van der Waals surface area contributed by atoms with Crippen molar-refractivity contribution in [1.82, 2.24) is 10.6 Å². The number of aliphatic carboxylic acids is 1. The molecule has 0 spiro atoms. The van der Waals surface area contributed by atoms with E-state index in [1.54, 1.807) is 12.5 Å². The van der Waals surface area contributed by atoms with Gasteiger partial charge in [-0.05, 0) is 30.7 Å². The fourth-order valence-electron chi connectivity index (χ4n) is 3.23. The normalized spacial score (nSPS) is 19.0. The summed E-state index contributed by atoms with van der Waals surface area (Å²) < 4.78 is 5.61. The van der Waals surface area contributed by atoms with E-state index < -0.39 is 5.97 Å². The lowest BCUT2D eigenvalue weighted by Crippen LogP contribution is -2.44. The van der Waals surface area contributed by atoms with Crippen LogP contribution in [0.1, 0.15) is 38.7 Å². The minimum absolute atomic E-state index is 0.000467. The van der Waals surface area contributed by atoms with Gasteiger partial charge >= 0.3 is 5.97 Å². The molecule has 0 saturated heterocycles. The molecule has 8 heteroatoms. The molecule has 0 aliphatic carbocycles. The van der Waals surface area contributed by atoms with Gasteiger partial charge in [0.15, 0.2) is 0 Å². The Morgan fingerprint density at radius 1 is 1.30 bits per heavy atom. The van der Waals surface area contributed by atoms with Crippen LogP contribution in [0, 0.1) is 5.92 Å².